The molecule has 3 aromatic rings. The third-order valence-corrected chi connectivity index (χ3v) is 3.64. The molecule has 1 unspecified atom stereocenters. The van der Waals surface area contributed by atoms with E-state index in [2.05, 4.69) is 33.5 Å². The number of aryl methyl sites for hydroxylation is 1. The van der Waals surface area contributed by atoms with Crippen LogP contribution in [-0.4, -0.2) is 19.6 Å². The third kappa shape index (κ3) is 2.76. The second-order valence-electron chi connectivity index (χ2n) is 4.94. The van der Waals surface area contributed by atoms with Crippen molar-refractivity contribution in [3.8, 4) is 0 Å². The Labute approximate surface area is 123 Å². The van der Waals surface area contributed by atoms with Gasteiger partial charge in [-0.1, -0.05) is 13.0 Å². The van der Waals surface area contributed by atoms with Gasteiger partial charge in [-0.15, -0.1) is 0 Å². The van der Waals surface area contributed by atoms with Crippen molar-refractivity contribution in [2.45, 2.75) is 25.8 Å². The first-order valence-corrected chi connectivity index (χ1v) is 6.99. The standard InChI is InChI=1S/C15H18N6/c1-2-11-3-4-12(18-8-11)7-14(20-16)13-9-19-21-6-5-17-10-15(13)21/h3-6,8-10,14,20H,2,7,16H2,1H3. The summed E-state index contributed by atoms with van der Waals surface area (Å²) in [4.78, 5) is 8.64. The number of nitrogens with zero attached hydrogens (tertiary/aromatic N) is 4. The van der Waals surface area contributed by atoms with Gasteiger partial charge in [0.1, 0.15) is 0 Å². The second kappa shape index (κ2) is 5.99. The van der Waals surface area contributed by atoms with E-state index in [9.17, 15) is 0 Å². The molecule has 3 N–H and O–H groups in total. The van der Waals surface area contributed by atoms with Crippen LogP contribution in [0.15, 0.2) is 43.1 Å². The van der Waals surface area contributed by atoms with Crippen LogP contribution in [0.1, 0.15) is 29.8 Å². The number of hydrogen-bond donors (Lipinski definition) is 2. The molecule has 1 atom stereocenters. The van der Waals surface area contributed by atoms with Gasteiger partial charge in [-0.05, 0) is 18.1 Å². The van der Waals surface area contributed by atoms with E-state index < -0.39 is 0 Å². The van der Waals surface area contributed by atoms with Crippen LogP contribution in [-0.2, 0) is 12.8 Å². The summed E-state index contributed by atoms with van der Waals surface area (Å²) in [5.41, 5.74) is 7.05. The number of aromatic nitrogens is 4. The summed E-state index contributed by atoms with van der Waals surface area (Å²) in [5.74, 6) is 5.72. The number of pyridine rings is 1. The molecule has 0 aromatic carbocycles. The fourth-order valence-electron chi connectivity index (χ4n) is 2.37. The van der Waals surface area contributed by atoms with Gasteiger partial charge in [-0.3, -0.25) is 21.2 Å². The first-order chi connectivity index (χ1) is 10.3. The molecule has 0 amide bonds. The monoisotopic (exact) mass is 282 g/mol. The number of nitrogens with two attached hydrogens (primary N) is 1. The van der Waals surface area contributed by atoms with Gasteiger partial charge in [-0.2, -0.15) is 5.10 Å². The van der Waals surface area contributed by atoms with Gasteiger partial charge in [0.2, 0.25) is 0 Å². The Kier molecular flexibility index (Phi) is 3.89. The maximum Gasteiger partial charge on any atom is 0.0893 e. The highest BCUT2D eigenvalue weighted by Gasteiger charge is 2.16. The topological polar surface area (TPSA) is 81.1 Å². The summed E-state index contributed by atoms with van der Waals surface area (Å²) >= 11 is 0. The van der Waals surface area contributed by atoms with Crippen LogP contribution in [0.4, 0.5) is 0 Å². The molecule has 3 rings (SSSR count). The predicted octanol–water partition coefficient (Wildman–Crippen LogP) is 1.43. The van der Waals surface area contributed by atoms with E-state index in [4.69, 9.17) is 5.84 Å². The summed E-state index contributed by atoms with van der Waals surface area (Å²) < 4.78 is 1.79. The number of hydrazine groups is 1. The van der Waals surface area contributed by atoms with Gasteiger partial charge in [-0.25, -0.2) is 4.52 Å². The summed E-state index contributed by atoms with van der Waals surface area (Å²) in [6.45, 7) is 2.12. The van der Waals surface area contributed by atoms with Gasteiger partial charge in [0, 0.05) is 36.3 Å². The highest BCUT2D eigenvalue weighted by atomic mass is 15.3. The van der Waals surface area contributed by atoms with Crippen LogP contribution in [0.5, 0.6) is 0 Å². The van der Waals surface area contributed by atoms with Crippen LogP contribution >= 0.6 is 0 Å². The molecule has 0 fully saturated rings. The molecular formula is C15H18N6. The van der Waals surface area contributed by atoms with Gasteiger partial charge < -0.3 is 0 Å². The maximum absolute atomic E-state index is 5.72. The van der Waals surface area contributed by atoms with Crippen molar-refractivity contribution in [3.05, 3.63) is 59.9 Å². The molecule has 6 heteroatoms. The normalized spacial score (nSPS) is 12.7. The van der Waals surface area contributed by atoms with Crippen LogP contribution in [0, 0.1) is 0 Å². The Hall–Kier alpha value is -2.31. The van der Waals surface area contributed by atoms with Gasteiger partial charge >= 0.3 is 0 Å². The number of hydrogen-bond acceptors (Lipinski definition) is 5. The van der Waals surface area contributed by atoms with Crippen molar-refractivity contribution in [1.82, 2.24) is 25.0 Å². The molecule has 0 aliphatic heterocycles. The third-order valence-electron chi connectivity index (χ3n) is 3.64. The molecule has 0 bridgehead atoms. The van der Waals surface area contributed by atoms with Crippen molar-refractivity contribution in [2.24, 2.45) is 5.84 Å². The van der Waals surface area contributed by atoms with Crippen molar-refractivity contribution in [2.75, 3.05) is 0 Å². The number of rotatable bonds is 5. The Morgan fingerprint density at radius 3 is 2.90 bits per heavy atom. The van der Waals surface area contributed by atoms with Crippen LogP contribution in [0.25, 0.3) is 5.52 Å². The molecule has 0 aliphatic rings. The fraction of sp³-hybridized carbons (Fsp3) is 0.267. The van der Waals surface area contributed by atoms with E-state index in [1.807, 2.05) is 24.7 Å². The molecular weight excluding hydrogens is 264 g/mol. The minimum absolute atomic E-state index is 0.0494. The summed E-state index contributed by atoms with van der Waals surface area (Å²) in [7, 11) is 0. The zero-order chi connectivity index (χ0) is 14.7. The van der Waals surface area contributed by atoms with Crippen molar-refractivity contribution >= 4 is 5.52 Å². The van der Waals surface area contributed by atoms with Gasteiger partial charge in [0.25, 0.3) is 0 Å². The van der Waals surface area contributed by atoms with Crippen LogP contribution in [0.2, 0.25) is 0 Å². The zero-order valence-electron chi connectivity index (χ0n) is 11.9. The lowest BCUT2D eigenvalue weighted by Crippen LogP contribution is -2.29. The van der Waals surface area contributed by atoms with E-state index in [-0.39, 0.29) is 6.04 Å². The predicted molar refractivity (Wildman–Crippen MR) is 80.4 cm³/mol. The van der Waals surface area contributed by atoms with Gasteiger partial charge in [0.05, 0.1) is 24.0 Å². The zero-order valence-corrected chi connectivity index (χ0v) is 11.9. The minimum Gasteiger partial charge on any atom is -0.271 e. The molecule has 0 radical (unpaired) electrons. The van der Waals surface area contributed by atoms with Crippen LogP contribution < -0.4 is 11.3 Å². The molecule has 6 nitrogen and oxygen atoms in total. The second-order valence-corrected chi connectivity index (χ2v) is 4.94. The Balaban J connectivity index is 1.87. The summed E-state index contributed by atoms with van der Waals surface area (Å²) in [6, 6.07) is 4.10. The molecule has 21 heavy (non-hydrogen) atoms. The van der Waals surface area contributed by atoms with E-state index in [1.54, 1.807) is 16.9 Å². The minimum atomic E-state index is -0.0494. The Morgan fingerprint density at radius 2 is 2.19 bits per heavy atom. The summed E-state index contributed by atoms with van der Waals surface area (Å²) in [5, 5.41) is 4.32. The van der Waals surface area contributed by atoms with Crippen LogP contribution in [0.3, 0.4) is 0 Å². The highest BCUT2D eigenvalue weighted by Crippen LogP contribution is 2.21. The quantitative estimate of drug-likeness (QED) is 0.546. The largest absolute Gasteiger partial charge is 0.271 e. The highest BCUT2D eigenvalue weighted by molar-refractivity contribution is 5.53. The SMILES string of the molecule is CCc1ccc(CC(NN)c2cnn3ccncc23)nc1. The Bertz CT molecular complexity index is 718. The lowest BCUT2D eigenvalue weighted by atomic mass is 10.0. The average Bonchev–Trinajstić information content (AvgIpc) is 2.97. The number of fused-ring (bicyclic) bond motifs is 1. The van der Waals surface area contributed by atoms with Gasteiger partial charge in [0.15, 0.2) is 0 Å². The Morgan fingerprint density at radius 1 is 1.29 bits per heavy atom. The van der Waals surface area contributed by atoms with Crippen molar-refractivity contribution < 1.29 is 0 Å². The molecule has 3 aromatic heterocycles. The lowest BCUT2D eigenvalue weighted by Gasteiger charge is -2.14. The average molecular weight is 282 g/mol. The lowest BCUT2D eigenvalue weighted by molar-refractivity contribution is 0.549. The maximum atomic E-state index is 5.72. The van der Waals surface area contributed by atoms with Crippen molar-refractivity contribution in [3.63, 3.8) is 0 Å². The summed E-state index contributed by atoms with van der Waals surface area (Å²) in [6.07, 6.45) is 10.8. The molecule has 108 valence electrons. The van der Waals surface area contributed by atoms with E-state index in [0.29, 0.717) is 6.42 Å². The molecule has 0 aliphatic carbocycles. The molecule has 0 saturated carbocycles. The van der Waals surface area contributed by atoms with Crippen molar-refractivity contribution in [1.29, 1.82) is 0 Å². The smallest absolute Gasteiger partial charge is 0.0893 e. The van der Waals surface area contributed by atoms with E-state index in [1.165, 1.54) is 5.56 Å². The first-order valence-electron chi connectivity index (χ1n) is 6.99. The number of nitrogens with one attached hydrogen (secondary N) is 1. The van der Waals surface area contributed by atoms with E-state index >= 15 is 0 Å². The molecule has 0 spiro atoms. The fourth-order valence-corrected chi connectivity index (χ4v) is 2.37. The molecule has 3 heterocycles. The molecule has 0 saturated heterocycles. The van der Waals surface area contributed by atoms with E-state index in [0.717, 1.165) is 23.2 Å². The first kappa shape index (κ1) is 13.7.